The van der Waals surface area contributed by atoms with Gasteiger partial charge in [0.2, 0.25) is 5.91 Å². The van der Waals surface area contributed by atoms with Crippen LogP contribution in [0.3, 0.4) is 0 Å². The van der Waals surface area contributed by atoms with Crippen LogP contribution in [-0.2, 0) is 27.7 Å². The van der Waals surface area contributed by atoms with Crippen molar-refractivity contribution in [2.45, 2.75) is 38.3 Å². The first-order valence-corrected chi connectivity index (χ1v) is 12.2. The normalized spacial score (nSPS) is 19.2. The molecule has 0 spiro atoms. The highest BCUT2D eigenvalue weighted by Crippen LogP contribution is 2.45. The number of nitrogens with one attached hydrogen (secondary N) is 2. The van der Waals surface area contributed by atoms with Crippen LogP contribution in [0, 0.1) is 0 Å². The molecule has 0 fully saturated rings. The van der Waals surface area contributed by atoms with Gasteiger partial charge in [0.15, 0.2) is 0 Å². The van der Waals surface area contributed by atoms with Crippen LogP contribution in [0.25, 0.3) is 0 Å². The molecular weight excluding hydrogens is 441 g/mol. The zero-order valence-electron chi connectivity index (χ0n) is 17.4. The quantitative estimate of drug-likeness (QED) is 0.538. The maximum Gasteiger partial charge on any atom is 0.249 e. The van der Waals surface area contributed by atoms with Gasteiger partial charge in [-0.25, -0.2) is 8.93 Å². The van der Waals surface area contributed by atoms with Crippen molar-refractivity contribution in [3.05, 3.63) is 63.6 Å². The summed E-state index contributed by atoms with van der Waals surface area (Å²) in [6.07, 6.45) is 2.86. The molecule has 2 N–H and O–H groups in total. The van der Waals surface area contributed by atoms with Crippen molar-refractivity contribution in [3.8, 4) is 0 Å². The summed E-state index contributed by atoms with van der Waals surface area (Å²) in [7, 11) is -1.06. The smallest absolute Gasteiger partial charge is 0.249 e. The van der Waals surface area contributed by atoms with Gasteiger partial charge in [0, 0.05) is 53.1 Å². The summed E-state index contributed by atoms with van der Waals surface area (Å²) in [6, 6.07) is 13.3. The number of anilines is 1. The molecule has 1 heterocycles. The Kier molecular flexibility index (Phi) is 7.58. The van der Waals surface area contributed by atoms with Crippen molar-refractivity contribution in [1.82, 2.24) is 9.62 Å². The van der Waals surface area contributed by atoms with Crippen molar-refractivity contribution in [2.75, 3.05) is 24.7 Å². The standard InChI is InChI=1S/C22H27Cl2N3O2S/c1-15(2)27(11-5-10-25-30(3)29)22(14-16-6-4-7-17(23)12-16)19-9-8-18(24)13-20(19)26-21(22)28/h4,6-9,12-13,15,25H,5,10-11,14H2,1-3H3,(H,26,28). The van der Waals surface area contributed by atoms with Crippen LogP contribution in [0.5, 0.6) is 0 Å². The van der Waals surface area contributed by atoms with Crippen LogP contribution in [0.1, 0.15) is 31.4 Å². The minimum atomic E-state index is -1.06. The van der Waals surface area contributed by atoms with Crippen LogP contribution in [0.4, 0.5) is 5.69 Å². The Bertz CT molecular complexity index is 954. The van der Waals surface area contributed by atoms with E-state index in [4.69, 9.17) is 23.2 Å². The maximum atomic E-state index is 13.5. The lowest BCUT2D eigenvalue weighted by Crippen LogP contribution is -2.56. The summed E-state index contributed by atoms with van der Waals surface area (Å²) >= 11 is 12.4. The van der Waals surface area contributed by atoms with Crippen molar-refractivity contribution in [2.24, 2.45) is 0 Å². The zero-order chi connectivity index (χ0) is 21.9. The first-order valence-electron chi connectivity index (χ1n) is 9.93. The Morgan fingerprint density at radius 3 is 2.57 bits per heavy atom. The first-order chi connectivity index (χ1) is 14.2. The Morgan fingerprint density at radius 1 is 1.17 bits per heavy atom. The summed E-state index contributed by atoms with van der Waals surface area (Å²) in [5.41, 5.74) is 1.76. The largest absolute Gasteiger partial charge is 0.324 e. The predicted molar refractivity (Wildman–Crippen MR) is 125 cm³/mol. The Labute approximate surface area is 190 Å². The van der Waals surface area contributed by atoms with E-state index in [0.717, 1.165) is 23.2 Å². The van der Waals surface area contributed by atoms with E-state index < -0.39 is 16.5 Å². The van der Waals surface area contributed by atoms with Crippen molar-refractivity contribution >= 4 is 45.8 Å². The molecule has 3 rings (SSSR count). The molecule has 2 aromatic rings. The maximum absolute atomic E-state index is 13.5. The van der Waals surface area contributed by atoms with Gasteiger partial charge in [0.05, 0.1) is 11.0 Å². The number of hydrogen-bond donors (Lipinski definition) is 2. The molecule has 2 aromatic carbocycles. The average molecular weight is 468 g/mol. The van der Waals surface area contributed by atoms with Crippen molar-refractivity contribution < 1.29 is 9.00 Å². The first kappa shape index (κ1) is 23.2. The molecule has 2 unspecified atom stereocenters. The molecule has 0 bridgehead atoms. The third-order valence-electron chi connectivity index (χ3n) is 5.39. The molecule has 1 aliphatic heterocycles. The van der Waals surface area contributed by atoms with Gasteiger partial charge >= 0.3 is 0 Å². The number of rotatable bonds is 9. The summed E-state index contributed by atoms with van der Waals surface area (Å²) in [6.45, 7) is 5.45. The number of halogens is 2. The lowest BCUT2D eigenvalue weighted by atomic mass is 9.82. The monoisotopic (exact) mass is 467 g/mol. The molecule has 0 radical (unpaired) electrons. The highest BCUT2D eigenvalue weighted by atomic mass is 35.5. The average Bonchev–Trinajstić information content (AvgIpc) is 2.92. The molecule has 0 aliphatic carbocycles. The van der Waals surface area contributed by atoms with E-state index in [2.05, 4.69) is 28.8 Å². The van der Waals surface area contributed by atoms with Crippen molar-refractivity contribution in [3.63, 3.8) is 0 Å². The number of carbonyl (C=O) groups excluding carboxylic acids is 1. The molecular formula is C22H27Cl2N3O2S. The fourth-order valence-corrected chi connectivity index (χ4v) is 5.01. The Morgan fingerprint density at radius 2 is 1.90 bits per heavy atom. The van der Waals surface area contributed by atoms with Crippen LogP contribution in [0.15, 0.2) is 42.5 Å². The zero-order valence-corrected chi connectivity index (χ0v) is 19.7. The molecule has 30 heavy (non-hydrogen) atoms. The number of fused-ring (bicyclic) bond motifs is 1. The van der Waals surface area contributed by atoms with E-state index in [0.29, 0.717) is 29.6 Å². The van der Waals surface area contributed by atoms with Gasteiger partial charge in [0.1, 0.15) is 5.54 Å². The molecule has 1 amide bonds. The molecule has 162 valence electrons. The number of carbonyl (C=O) groups is 1. The second kappa shape index (κ2) is 9.79. The Balaban J connectivity index is 2.05. The summed E-state index contributed by atoms with van der Waals surface area (Å²) in [5.74, 6) is -0.0690. The van der Waals surface area contributed by atoms with E-state index in [1.54, 1.807) is 12.3 Å². The van der Waals surface area contributed by atoms with Gasteiger partial charge in [-0.2, -0.15) is 0 Å². The number of hydrogen-bond acceptors (Lipinski definition) is 3. The van der Waals surface area contributed by atoms with E-state index >= 15 is 0 Å². The summed E-state index contributed by atoms with van der Waals surface area (Å²) in [5, 5.41) is 4.27. The second-order valence-corrected chi connectivity index (χ2v) is 9.87. The van der Waals surface area contributed by atoms with Crippen LogP contribution in [-0.4, -0.2) is 40.4 Å². The van der Waals surface area contributed by atoms with Gasteiger partial charge in [-0.3, -0.25) is 9.69 Å². The van der Waals surface area contributed by atoms with E-state index in [9.17, 15) is 9.00 Å². The number of benzene rings is 2. The van der Waals surface area contributed by atoms with Crippen LogP contribution < -0.4 is 10.0 Å². The third kappa shape index (κ3) is 4.89. The van der Waals surface area contributed by atoms with E-state index in [1.807, 2.05) is 36.4 Å². The van der Waals surface area contributed by atoms with Gasteiger partial charge in [-0.1, -0.05) is 41.4 Å². The number of nitrogens with zero attached hydrogens (tertiary/aromatic N) is 1. The highest BCUT2D eigenvalue weighted by Gasteiger charge is 2.51. The summed E-state index contributed by atoms with van der Waals surface area (Å²) in [4.78, 5) is 15.8. The van der Waals surface area contributed by atoms with Crippen LogP contribution >= 0.6 is 23.2 Å². The van der Waals surface area contributed by atoms with Gasteiger partial charge in [-0.05, 0) is 50.1 Å². The lowest BCUT2D eigenvalue weighted by molar-refractivity contribution is -0.129. The SMILES string of the molecule is CC(C)N(CCCNS(C)=O)C1(Cc2cccc(Cl)c2)C(=O)Nc2cc(Cl)ccc21. The molecule has 0 aromatic heterocycles. The fourth-order valence-electron chi connectivity index (χ4n) is 4.19. The predicted octanol–water partition coefficient (Wildman–Crippen LogP) is 4.37. The van der Waals surface area contributed by atoms with Gasteiger partial charge in [0.25, 0.3) is 0 Å². The fraction of sp³-hybridized carbons (Fsp3) is 0.409. The molecule has 2 atom stereocenters. The minimum absolute atomic E-state index is 0.0690. The van der Waals surface area contributed by atoms with E-state index in [1.165, 1.54) is 0 Å². The number of amides is 1. The third-order valence-corrected chi connectivity index (χ3v) is 6.48. The van der Waals surface area contributed by atoms with Crippen molar-refractivity contribution in [1.29, 1.82) is 0 Å². The van der Waals surface area contributed by atoms with Gasteiger partial charge < -0.3 is 5.32 Å². The molecule has 0 saturated carbocycles. The topological polar surface area (TPSA) is 61.4 Å². The van der Waals surface area contributed by atoms with Gasteiger partial charge in [-0.15, -0.1) is 0 Å². The lowest BCUT2D eigenvalue weighted by Gasteiger charge is -2.43. The molecule has 8 heteroatoms. The molecule has 5 nitrogen and oxygen atoms in total. The minimum Gasteiger partial charge on any atom is -0.324 e. The van der Waals surface area contributed by atoms with Crippen LogP contribution in [0.2, 0.25) is 10.0 Å². The highest BCUT2D eigenvalue weighted by molar-refractivity contribution is 7.82. The molecule has 1 aliphatic rings. The summed E-state index contributed by atoms with van der Waals surface area (Å²) < 4.78 is 14.3. The molecule has 0 saturated heterocycles. The van der Waals surface area contributed by atoms with E-state index in [-0.39, 0.29) is 11.9 Å². The second-order valence-electron chi connectivity index (χ2n) is 7.80. The Hall–Kier alpha value is -1.44.